The summed E-state index contributed by atoms with van der Waals surface area (Å²) in [6.07, 6.45) is 13.2. The first kappa shape index (κ1) is 28.9. The van der Waals surface area contributed by atoms with Gasteiger partial charge in [0.2, 0.25) is 0 Å². The lowest BCUT2D eigenvalue weighted by Crippen LogP contribution is -2.26. The Morgan fingerprint density at radius 3 is 2.48 bits per heavy atom. The van der Waals surface area contributed by atoms with Crippen molar-refractivity contribution in [3.63, 3.8) is 0 Å². The Morgan fingerprint density at radius 1 is 0.848 bits per heavy atom. The van der Waals surface area contributed by atoms with Gasteiger partial charge in [-0.2, -0.15) is 5.26 Å². The van der Waals surface area contributed by atoms with Crippen LogP contribution in [0.1, 0.15) is 84.4 Å². The van der Waals surface area contributed by atoms with Crippen LogP contribution in [0.15, 0.2) is 91.1 Å². The molecule has 4 aromatic carbocycles. The predicted molar refractivity (Wildman–Crippen MR) is 183 cm³/mol. The number of benzene rings is 4. The normalized spacial score (nSPS) is 19.7. The van der Waals surface area contributed by atoms with E-state index in [1.165, 1.54) is 77.4 Å². The summed E-state index contributed by atoms with van der Waals surface area (Å²) in [6, 6.07) is 32.4. The third-order valence-electron chi connectivity index (χ3n) is 10.5. The number of likely N-dealkylation sites (N-methyl/N-ethyl adjacent to an activating group) is 1. The summed E-state index contributed by atoms with van der Waals surface area (Å²) in [7, 11) is 2.27. The Kier molecular flexibility index (Phi) is 7.76. The van der Waals surface area contributed by atoms with Gasteiger partial charge in [0.05, 0.1) is 23.8 Å². The average Bonchev–Trinajstić information content (AvgIpc) is 3.66. The molecular formula is C41H41N3O2. The van der Waals surface area contributed by atoms with Crippen molar-refractivity contribution in [1.82, 2.24) is 9.47 Å². The van der Waals surface area contributed by atoms with Crippen LogP contribution in [-0.4, -0.2) is 35.2 Å². The van der Waals surface area contributed by atoms with E-state index < -0.39 is 0 Å². The molecule has 5 aromatic rings. The second-order valence-corrected chi connectivity index (χ2v) is 13.5. The number of aromatic nitrogens is 1. The summed E-state index contributed by atoms with van der Waals surface area (Å²) in [5.74, 6) is 2.81. The van der Waals surface area contributed by atoms with Gasteiger partial charge in [-0.1, -0.05) is 48.9 Å². The quantitative estimate of drug-likeness (QED) is 0.182. The van der Waals surface area contributed by atoms with Gasteiger partial charge in [-0.25, -0.2) is 0 Å². The number of nitriles is 1. The van der Waals surface area contributed by atoms with E-state index in [0.29, 0.717) is 17.7 Å². The van der Waals surface area contributed by atoms with E-state index in [0.717, 1.165) is 42.9 Å². The molecule has 5 heteroatoms. The van der Waals surface area contributed by atoms with Crippen LogP contribution in [0, 0.1) is 11.3 Å². The number of fused-ring (bicyclic) bond motifs is 3. The van der Waals surface area contributed by atoms with Gasteiger partial charge in [-0.15, -0.1) is 0 Å². The summed E-state index contributed by atoms with van der Waals surface area (Å²) in [5.41, 5.74) is 8.08. The number of hydrogen-bond acceptors (Lipinski definition) is 4. The lowest BCUT2D eigenvalue weighted by atomic mass is 9.88. The molecule has 0 radical (unpaired) electrons. The van der Waals surface area contributed by atoms with Crippen LogP contribution >= 0.6 is 0 Å². The third kappa shape index (κ3) is 5.46. The summed E-state index contributed by atoms with van der Waals surface area (Å²) in [4.78, 5) is 2.53. The lowest BCUT2D eigenvalue weighted by molar-refractivity contribution is 0.155. The predicted octanol–water partition coefficient (Wildman–Crippen LogP) is 9.20. The number of para-hydroxylation sites is 1. The van der Waals surface area contributed by atoms with Crippen molar-refractivity contribution in [1.29, 1.82) is 5.26 Å². The van der Waals surface area contributed by atoms with Gasteiger partial charge >= 0.3 is 0 Å². The second kappa shape index (κ2) is 12.3. The zero-order valence-electron chi connectivity index (χ0n) is 26.6. The summed E-state index contributed by atoms with van der Waals surface area (Å²) in [5, 5.41) is 10.6. The van der Waals surface area contributed by atoms with Gasteiger partial charge in [0.25, 0.3) is 0 Å². The van der Waals surface area contributed by atoms with Gasteiger partial charge in [0.15, 0.2) is 0 Å². The van der Waals surface area contributed by atoms with Crippen molar-refractivity contribution in [2.75, 3.05) is 13.6 Å². The molecule has 1 aliphatic carbocycles. The maximum atomic E-state index is 9.34. The minimum atomic E-state index is -0.0443. The number of hydrogen-bond donors (Lipinski definition) is 0. The van der Waals surface area contributed by atoms with Crippen molar-refractivity contribution in [2.24, 2.45) is 0 Å². The second-order valence-electron chi connectivity index (χ2n) is 13.5. The summed E-state index contributed by atoms with van der Waals surface area (Å²) < 4.78 is 15.7. The fourth-order valence-corrected chi connectivity index (χ4v) is 8.04. The molecule has 0 N–H and O–H groups in total. The number of ether oxygens (including phenoxy) is 2. The highest BCUT2D eigenvalue weighted by Gasteiger charge is 2.33. The molecule has 1 saturated carbocycles. The molecule has 0 unspecified atom stereocenters. The van der Waals surface area contributed by atoms with Crippen molar-refractivity contribution < 1.29 is 9.47 Å². The van der Waals surface area contributed by atoms with E-state index in [2.05, 4.69) is 102 Å². The van der Waals surface area contributed by atoms with Crippen molar-refractivity contribution in [3.05, 3.63) is 125 Å². The van der Waals surface area contributed by atoms with E-state index >= 15 is 0 Å². The molecule has 0 spiro atoms. The van der Waals surface area contributed by atoms with Crippen LogP contribution in [0.3, 0.4) is 0 Å². The molecule has 2 aliphatic heterocycles. The highest BCUT2D eigenvalue weighted by Crippen LogP contribution is 2.48. The maximum absolute atomic E-state index is 9.34. The largest absolute Gasteiger partial charge is 0.490 e. The van der Waals surface area contributed by atoms with Crippen LogP contribution in [-0.2, 0) is 12.8 Å². The SMILES string of the molecule is CN1CCC[C@H]1Cc1cn([C@H]2c3ccccc3Oc3cccc(Cc4ccc(C#N)cc4)c32)c2ccc(OC3CCCCC3)cc12. The molecule has 3 heterocycles. The number of rotatable bonds is 7. The Labute approximate surface area is 272 Å². The van der Waals surface area contributed by atoms with Crippen molar-refractivity contribution in [2.45, 2.75) is 76.0 Å². The van der Waals surface area contributed by atoms with E-state index in [-0.39, 0.29) is 6.04 Å². The highest BCUT2D eigenvalue weighted by molar-refractivity contribution is 5.86. The molecule has 46 heavy (non-hydrogen) atoms. The monoisotopic (exact) mass is 607 g/mol. The Hall–Kier alpha value is -4.53. The molecule has 0 bridgehead atoms. The Morgan fingerprint density at radius 2 is 1.67 bits per heavy atom. The molecule has 3 aliphatic rings. The van der Waals surface area contributed by atoms with E-state index in [1.807, 2.05) is 12.1 Å². The van der Waals surface area contributed by atoms with Gasteiger partial charge < -0.3 is 18.9 Å². The van der Waals surface area contributed by atoms with Gasteiger partial charge in [0, 0.05) is 34.3 Å². The van der Waals surface area contributed by atoms with Crippen LogP contribution in [0.5, 0.6) is 17.2 Å². The molecule has 8 rings (SSSR count). The minimum Gasteiger partial charge on any atom is -0.490 e. The van der Waals surface area contributed by atoms with Crippen LogP contribution in [0.2, 0.25) is 0 Å². The average molecular weight is 608 g/mol. The molecule has 0 amide bonds. The molecule has 1 aromatic heterocycles. The van der Waals surface area contributed by atoms with Crippen LogP contribution in [0.25, 0.3) is 10.9 Å². The maximum Gasteiger partial charge on any atom is 0.133 e. The molecular weight excluding hydrogens is 566 g/mol. The fraction of sp³-hybridized carbons (Fsp3) is 0.341. The van der Waals surface area contributed by atoms with E-state index in [4.69, 9.17) is 9.47 Å². The molecule has 5 nitrogen and oxygen atoms in total. The first-order valence-electron chi connectivity index (χ1n) is 17.0. The number of nitrogens with zero attached hydrogens (tertiary/aromatic N) is 3. The van der Waals surface area contributed by atoms with E-state index in [9.17, 15) is 5.26 Å². The first-order valence-corrected chi connectivity index (χ1v) is 17.0. The Bertz CT molecular complexity index is 1910. The minimum absolute atomic E-state index is 0.0443. The topological polar surface area (TPSA) is 50.4 Å². The van der Waals surface area contributed by atoms with Gasteiger partial charge in [-0.05, 0) is 124 Å². The molecule has 2 fully saturated rings. The number of likely N-dealkylation sites (tertiary alicyclic amines) is 1. The molecule has 1 saturated heterocycles. The van der Waals surface area contributed by atoms with Gasteiger partial charge in [-0.3, -0.25) is 0 Å². The lowest BCUT2D eigenvalue weighted by Gasteiger charge is -2.32. The van der Waals surface area contributed by atoms with Crippen LogP contribution < -0.4 is 9.47 Å². The fourth-order valence-electron chi connectivity index (χ4n) is 8.04. The standard InChI is InChI=1S/C41H41N3O2/c1-43-22-8-10-32(43)24-31-27-44(37-21-20-34(25-36(31)37)45-33-11-3-2-4-12-33)41-35-13-5-6-14-38(35)46-39-15-7-9-30(40(39)41)23-28-16-18-29(26-42)19-17-28/h5-7,9,13-21,25,27,32-33,41H,2-4,8,10-12,22-24H2,1H3/t32-,41-/m0/s1. The first-order chi connectivity index (χ1) is 22.6. The Balaban J connectivity index is 1.27. The van der Waals surface area contributed by atoms with Crippen LogP contribution in [0.4, 0.5) is 0 Å². The smallest absolute Gasteiger partial charge is 0.133 e. The molecule has 2 atom stereocenters. The van der Waals surface area contributed by atoms with Crippen molar-refractivity contribution >= 4 is 10.9 Å². The highest BCUT2D eigenvalue weighted by atomic mass is 16.5. The zero-order chi connectivity index (χ0) is 31.0. The van der Waals surface area contributed by atoms with Crippen molar-refractivity contribution in [3.8, 4) is 23.3 Å². The summed E-state index contributed by atoms with van der Waals surface area (Å²) >= 11 is 0. The third-order valence-corrected chi connectivity index (χ3v) is 10.5. The molecule has 232 valence electrons. The summed E-state index contributed by atoms with van der Waals surface area (Å²) in [6.45, 7) is 1.17. The zero-order valence-corrected chi connectivity index (χ0v) is 26.6. The van der Waals surface area contributed by atoms with Gasteiger partial charge in [0.1, 0.15) is 17.2 Å². The van der Waals surface area contributed by atoms with E-state index in [1.54, 1.807) is 0 Å².